The van der Waals surface area contributed by atoms with Crippen molar-refractivity contribution in [2.24, 2.45) is 0 Å². The van der Waals surface area contributed by atoms with Gasteiger partial charge in [-0.25, -0.2) is 9.48 Å². The summed E-state index contributed by atoms with van der Waals surface area (Å²) in [6.07, 6.45) is 0.367. The molecule has 18 heavy (non-hydrogen) atoms. The van der Waals surface area contributed by atoms with Gasteiger partial charge in [-0.3, -0.25) is 0 Å². The summed E-state index contributed by atoms with van der Waals surface area (Å²) in [5, 5.41) is 24.5. The maximum Gasteiger partial charge on any atom is 0.331 e. The fourth-order valence-corrected chi connectivity index (χ4v) is 2.12. The van der Waals surface area contributed by atoms with Crippen molar-refractivity contribution in [2.75, 3.05) is 0 Å². The highest BCUT2D eigenvalue weighted by Gasteiger charge is 2.37. The average Bonchev–Trinajstić information content (AvgIpc) is 2.95. The molecule has 0 amide bonds. The van der Waals surface area contributed by atoms with Crippen molar-refractivity contribution in [1.82, 2.24) is 29.8 Å². The Hall–Kier alpha value is -1.90. The molecule has 2 aromatic heterocycles. The summed E-state index contributed by atoms with van der Waals surface area (Å²) in [5.41, 5.74) is -0.505. The van der Waals surface area contributed by atoms with Gasteiger partial charge in [0, 0.05) is 0 Å². The molecule has 96 valence electrons. The van der Waals surface area contributed by atoms with E-state index in [-0.39, 0.29) is 0 Å². The molecular weight excluding hydrogens is 256 g/mol. The molecule has 2 rings (SSSR count). The van der Waals surface area contributed by atoms with Crippen LogP contribution in [0.1, 0.15) is 26.0 Å². The van der Waals surface area contributed by atoms with Gasteiger partial charge < -0.3 is 5.11 Å². The van der Waals surface area contributed by atoms with Crippen LogP contribution in [0.5, 0.6) is 0 Å². The van der Waals surface area contributed by atoms with Crippen molar-refractivity contribution in [3.8, 4) is 10.7 Å². The van der Waals surface area contributed by atoms with Gasteiger partial charge in [0.1, 0.15) is 4.88 Å². The number of hydrogen-bond acceptors (Lipinski definition) is 7. The van der Waals surface area contributed by atoms with Gasteiger partial charge in [0.05, 0.1) is 5.69 Å². The van der Waals surface area contributed by atoms with E-state index >= 15 is 0 Å². The van der Waals surface area contributed by atoms with E-state index in [9.17, 15) is 9.90 Å². The fraction of sp³-hybridized carbons (Fsp3) is 0.556. The van der Waals surface area contributed by atoms with Crippen LogP contribution in [-0.2, 0) is 10.3 Å². The molecule has 0 spiro atoms. The highest BCUT2D eigenvalue weighted by Crippen LogP contribution is 2.29. The van der Waals surface area contributed by atoms with Gasteiger partial charge in [-0.15, -0.1) is 10.2 Å². The normalized spacial score (nSPS) is 14.4. The van der Waals surface area contributed by atoms with Crippen LogP contribution in [0, 0.1) is 6.92 Å². The van der Waals surface area contributed by atoms with Crippen LogP contribution in [0.25, 0.3) is 10.7 Å². The quantitative estimate of drug-likeness (QED) is 0.870. The van der Waals surface area contributed by atoms with Crippen LogP contribution in [0.4, 0.5) is 0 Å². The van der Waals surface area contributed by atoms with Gasteiger partial charge in [-0.2, -0.15) is 0 Å². The van der Waals surface area contributed by atoms with Gasteiger partial charge in [-0.1, -0.05) is 11.4 Å². The van der Waals surface area contributed by atoms with Crippen LogP contribution in [-0.4, -0.2) is 40.9 Å². The van der Waals surface area contributed by atoms with Crippen LogP contribution < -0.4 is 0 Å². The average molecular weight is 268 g/mol. The fourth-order valence-electron chi connectivity index (χ4n) is 1.49. The van der Waals surface area contributed by atoms with Crippen LogP contribution >= 0.6 is 11.5 Å². The summed E-state index contributed by atoms with van der Waals surface area (Å²) in [5.74, 6) is -0.595. The molecule has 0 saturated carbocycles. The lowest BCUT2D eigenvalue weighted by atomic mass is 9.99. The Labute approximate surface area is 107 Å². The van der Waals surface area contributed by atoms with Gasteiger partial charge in [-0.05, 0) is 42.2 Å². The van der Waals surface area contributed by atoms with Crippen molar-refractivity contribution in [3.63, 3.8) is 0 Å². The van der Waals surface area contributed by atoms with E-state index < -0.39 is 11.5 Å². The maximum absolute atomic E-state index is 11.4. The molecule has 1 N–H and O–H groups in total. The number of carbonyl (C=O) groups is 1. The predicted molar refractivity (Wildman–Crippen MR) is 63.0 cm³/mol. The Morgan fingerprint density at radius 3 is 2.72 bits per heavy atom. The lowest BCUT2D eigenvalue weighted by Crippen LogP contribution is -2.39. The van der Waals surface area contributed by atoms with Gasteiger partial charge in [0.2, 0.25) is 0 Å². The molecule has 0 aliphatic rings. The number of hydrogen-bond donors (Lipinski definition) is 1. The Bertz CT molecular complexity index is 579. The number of aromatic nitrogens is 6. The third-order valence-corrected chi connectivity index (χ3v) is 3.76. The first-order chi connectivity index (χ1) is 8.50. The summed E-state index contributed by atoms with van der Waals surface area (Å²) in [6.45, 7) is 5.14. The minimum absolute atomic E-state index is 0.367. The zero-order chi connectivity index (χ0) is 13.3. The highest BCUT2D eigenvalue weighted by atomic mass is 32.1. The summed E-state index contributed by atoms with van der Waals surface area (Å²) >= 11 is 1.14. The zero-order valence-electron chi connectivity index (χ0n) is 10.2. The van der Waals surface area contributed by atoms with E-state index in [1.165, 1.54) is 4.68 Å². The Morgan fingerprint density at radius 2 is 2.22 bits per heavy atom. The largest absolute Gasteiger partial charge is 0.479 e. The molecule has 0 aromatic carbocycles. The van der Waals surface area contributed by atoms with Crippen molar-refractivity contribution in [1.29, 1.82) is 0 Å². The number of tetrazole rings is 1. The molecule has 2 aromatic rings. The van der Waals surface area contributed by atoms with Crippen molar-refractivity contribution in [3.05, 3.63) is 5.69 Å². The Kier molecular flexibility index (Phi) is 3.07. The summed E-state index contributed by atoms with van der Waals surface area (Å²) in [7, 11) is 0. The number of aliphatic carboxylic acids is 1. The molecule has 0 radical (unpaired) electrons. The topological polar surface area (TPSA) is 107 Å². The smallest absolute Gasteiger partial charge is 0.331 e. The first-order valence-electron chi connectivity index (χ1n) is 5.32. The van der Waals surface area contributed by atoms with E-state index in [1.54, 1.807) is 20.8 Å². The molecule has 9 heteroatoms. The van der Waals surface area contributed by atoms with E-state index in [0.29, 0.717) is 22.8 Å². The maximum atomic E-state index is 11.4. The highest BCUT2D eigenvalue weighted by molar-refractivity contribution is 7.09. The van der Waals surface area contributed by atoms with Crippen LogP contribution in [0.15, 0.2) is 0 Å². The first kappa shape index (κ1) is 12.6. The minimum atomic E-state index is -1.19. The number of rotatable bonds is 4. The van der Waals surface area contributed by atoms with Crippen molar-refractivity contribution < 1.29 is 9.90 Å². The molecule has 8 nitrogen and oxygen atoms in total. The van der Waals surface area contributed by atoms with Crippen molar-refractivity contribution in [2.45, 2.75) is 32.7 Å². The zero-order valence-corrected chi connectivity index (χ0v) is 11.0. The summed E-state index contributed by atoms with van der Waals surface area (Å²) in [4.78, 5) is 12.1. The number of carboxylic acids is 1. The van der Waals surface area contributed by atoms with E-state index in [0.717, 1.165) is 11.5 Å². The lowest BCUT2D eigenvalue weighted by Gasteiger charge is -2.23. The first-order valence-corrected chi connectivity index (χ1v) is 6.09. The number of carboxylic acid groups (broad SMARTS) is 1. The van der Waals surface area contributed by atoms with Crippen molar-refractivity contribution >= 4 is 17.5 Å². The number of nitrogens with zero attached hydrogens (tertiary/aromatic N) is 6. The molecule has 0 saturated heterocycles. The molecule has 2 heterocycles. The molecule has 0 aliphatic heterocycles. The Morgan fingerprint density at radius 1 is 1.50 bits per heavy atom. The molecule has 0 aliphatic carbocycles. The summed E-state index contributed by atoms with van der Waals surface area (Å²) in [6, 6.07) is 0. The van der Waals surface area contributed by atoms with E-state index in [4.69, 9.17) is 0 Å². The second kappa shape index (κ2) is 4.41. The number of aryl methyl sites for hydroxylation is 1. The van der Waals surface area contributed by atoms with Gasteiger partial charge >= 0.3 is 5.97 Å². The Balaban J connectivity index is 2.58. The second-order valence-electron chi connectivity index (χ2n) is 4.03. The lowest BCUT2D eigenvalue weighted by molar-refractivity contribution is -0.147. The molecule has 0 bridgehead atoms. The van der Waals surface area contributed by atoms with E-state index in [1.807, 2.05) is 0 Å². The molecular formula is C9H12N6O2S. The third-order valence-electron chi connectivity index (χ3n) is 2.94. The van der Waals surface area contributed by atoms with Gasteiger partial charge in [0.25, 0.3) is 0 Å². The molecule has 1 atom stereocenters. The minimum Gasteiger partial charge on any atom is -0.479 e. The van der Waals surface area contributed by atoms with Gasteiger partial charge in [0.15, 0.2) is 11.4 Å². The summed E-state index contributed by atoms with van der Waals surface area (Å²) < 4.78 is 5.12. The molecule has 1 unspecified atom stereocenters. The SMILES string of the molecule is CCC(C)(C(=O)O)n1nnnc1-c1snnc1C. The third kappa shape index (κ3) is 1.76. The molecule has 0 fully saturated rings. The standard InChI is InChI=1S/C9H12N6O2S/c1-4-9(3,8(16)17)15-7(11-12-13-15)6-5(2)10-14-18-6/h4H2,1-3H3,(H,16,17). The second-order valence-corrected chi connectivity index (χ2v) is 4.79. The van der Waals surface area contributed by atoms with E-state index in [2.05, 4.69) is 25.1 Å². The monoisotopic (exact) mass is 268 g/mol. The van der Waals surface area contributed by atoms with Crippen LogP contribution in [0.3, 0.4) is 0 Å². The predicted octanol–water partition coefficient (Wildman–Crippen LogP) is 0.710. The van der Waals surface area contributed by atoms with Crippen LogP contribution in [0.2, 0.25) is 0 Å².